The summed E-state index contributed by atoms with van der Waals surface area (Å²) < 4.78 is 5.93. The van der Waals surface area contributed by atoms with Crippen molar-refractivity contribution in [3.8, 4) is 0 Å². The number of hydrogen-bond acceptors (Lipinski definition) is 4. The van der Waals surface area contributed by atoms with Gasteiger partial charge in [-0.15, -0.1) is 0 Å². The van der Waals surface area contributed by atoms with Crippen LogP contribution in [0.1, 0.15) is 22.3 Å². The molecule has 1 amide bonds. The molecule has 5 nitrogen and oxygen atoms in total. The first-order valence-electron chi connectivity index (χ1n) is 10.1. The first kappa shape index (κ1) is 18.9. The van der Waals surface area contributed by atoms with E-state index in [1.54, 1.807) is 0 Å². The molecule has 0 bridgehead atoms. The van der Waals surface area contributed by atoms with Crippen LogP contribution in [0.2, 0.25) is 0 Å². The van der Waals surface area contributed by atoms with Crippen molar-refractivity contribution in [2.75, 3.05) is 10.6 Å². The number of anilines is 2. The number of nitrogens with one attached hydrogen (secondary N) is 2. The minimum absolute atomic E-state index is 0.195. The van der Waals surface area contributed by atoms with Crippen LogP contribution in [0.15, 0.2) is 101 Å². The molecule has 5 aromatic rings. The zero-order valence-electron chi connectivity index (χ0n) is 16.7. The van der Waals surface area contributed by atoms with Gasteiger partial charge in [0.15, 0.2) is 0 Å². The molecule has 0 spiro atoms. The Hall–Kier alpha value is -4.09. The Morgan fingerprint density at radius 3 is 2.29 bits per heavy atom. The Morgan fingerprint density at radius 1 is 0.774 bits per heavy atom. The highest BCUT2D eigenvalue weighted by molar-refractivity contribution is 6.11. The molecule has 1 heterocycles. The lowest BCUT2D eigenvalue weighted by Gasteiger charge is -2.18. The van der Waals surface area contributed by atoms with Crippen LogP contribution in [0.5, 0.6) is 0 Å². The third kappa shape index (κ3) is 3.63. The van der Waals surface area contributed by atoms with Gasteiger partial charge in [0.1, 0.15) is 11.7 Å². The van der Waals surface area contributed by atoms with Gasteiger partial charge in [-0.2, -0.15) is 0 Å². The van der Waals surface area contributed by atoms with Crippen LogP contribution in [0.3, 0.4) is 0 Å². The van der Waals surface area contributed by atoms with E-state index in [4.69, 9.17) is 10.2 Å². The van der Waals surface area contributed by atoms with Crippen molar-refractivity contribution >= 4 is 39.0 Å². The summed E-state index contributed by atoms with van der Waals surface area (Å²) >= 11 is 0. The number of rotatable bonds is 5. The molecule has 4 N–H and O–H groups in total. The van der Waals surface area contributed by atoms with Gasteiger partial charge < -0.3 is 20.8 Å². The summed E-state index contributed by atoms with van der Waals surface area (Å²) in [4.78, 5) is 13.0. The average Bonchev–Trinajstić information content (AvgIpc) is 3.18. The molecule has 1 atom stereocenters. The van der Waals surface area contributed by atoms with Crippen molar-refractivity contribution in [1.82, 2.24) is 0 Å². The van der Waals surface area contributed by atoms with Crippen molar-refractivity contribution < 1.29 is 9.21 Å². The zero-order chi connectivity index (χ0) is 21.2. The van der Waals surface area contributed by atoms with Gasteiger partial charge >= 0.3 is 0 Å². The predicted molar refractivity (Wildman–Crippen MR) is 125 cm³/mol. The lowest BCUT2D eigenvalue weighted by Crippen LogP contribution is -2.22. The third-order valence-electron chi connectivity index (χ3n) is 5.29. The Kier molecular flexibility index (Phi) is 4.86. The molecule has 5 rings (SSSR count). The Morgan fingerprint density at radius 2 is 1.45 bits per heavy atom. The Labute approximate surface area is 179 Å². The Balaban J connectivity index is 1.54. The number of furan rings is 1. The van der Waals surface area contributed by atoms with E-state index in [0.717, 1.165) is 21.7 Å². The van der Waals surface area contributed by atoms with E-state index in [-0.39, 0.29) is 11.7 Å². The molecule has 0 aliphatic carbocycles. The molecule has 0 saturated heterocycles. The lowest BCUT2D eigenvalue weighted by atomic mass is 10.0. The quantitative estimate of drug-likeness (QED) is 0.317. The van der Waals surface area contributed by atoms with Crippen LogP contribution in [0.4, 0.5) is 11.4 Å². The number of benzene rings is 4. The summed E-state index contributed by atoms with van der Waals surface area (Å²) in [5, 5.41) is 9.19. The van der Waals surface area contributed by atoms with Gasteiger partial charge in [0.25, 0.3) is 5.91 Å². The highest BCUT2D eigenvalue weighted by Crippen LogP contribution is 2.34. The fraction of sp³-hybridized carbons (Fsp3) is 0.0385. The van der Waals surface area contributed by atoms with E-state index >= 15 is 0 Å². The standard InChI is InChI=1S/C26H21N3O2/c27-25(20-15-8-10-17-9-4-5-13-19(17)20)29-23-21-14-6-7-16-22(21)31-24(23)26(30)28-18-11-2-1-3-12-18/h1-16,25,29H,27H2,(H,28,30). The summed E-state index contributed by atoms with van der Waals surface area (Å²) in [6.45, 7) is 0. The number of carbonyl (C=O) groups excluding carboxylic acids is 1. The smallest absolute Gasteiger partial charge is 0.293 e. The van der Waals surface area contributed by atoms with Gasteiger partial charge in [-0.1, -0.05) is 72.8 Å². The molecule has 31 heavy (non-hydrogen) atoms. The predicted octanol–water partition coefficient (Wildman–Crippen LogP) is 5.91. The number of nitrogens with two attached hydrogens (primary N) is 1. The third-order valence-corrected chi connectivity index (χ3v) is 5.29. The second-order valence-electron chi connectivity index (χ2n) is 7.31. The Bertz CT molecular complexity index is 1370. The van der Waals surface area contributed by atoms with E-state index in [2.05, 4.69) is 22.8 Å². The van der Waals surface area contributed by atoms with Crippen molar-refractivity contribution in [2.24, 2.45) is 5.73 Å². The molecule has 0 radical (unpaired) electrons. The first-order valence-corrected chi connectivity index (χ1v) is 10.1. The van der Waals surface area contributed by atoms with Crippen molar-refractivity contribution in [2.45, 2.75) is 6.17 Å². The van der Waals surface area contributed by atoms with E-state index in [1.807, 2.05) is 84.9 Å². The molecule has 1 aromatic heterocycles. The second-order valence-corrected chi connectivity index (χ2v) is 7.31. The molecule has 4 aromatic carbocycles. The molecular formula is C26H21N3O2. The van der Waals surface area contributed by atoms with Gasteiger partial charge in [0.2, 0.25) is 5.76 Å². The van der Waals surface area contributed by atoms with Crippen LogP contribution in [-0.2, 0) is 0 Å². The summed E-state index contributed by atoms with van der Waals surface area (Å²) in [5.41, 5.74) is 9.41. The zero-order valence-corrected chi connectivity index (χ0v) is 16.7. The molecule has 0 saturated carbocycles. The number of fused-ring (bicyclic) bond motifs is 2. The molecule has 0 aliphatic heterocycles. The van der Waals surface area contributed by atoms with Gasteiger partial charge in [0, 0.05) is 11.1 Å². The SMILES string of the molecule is NC(Nc1c(C(=O)Nc2ccccc2)oc2ccccc12)c1cccc2ccccc12. The molecule has 152 valence electrons. The topological polar surface area (TPSA) is 80.3 Å². The molecule has 0 aliphatic rings. The maximum Gasteiger partial charge on any atom is 0.293 e. The molecule has 1 unspecified atom stereocenters. The van der Waals surface area contributed by atoms with Crippen LogP contribution in [-0.4, -0.2) is 5.91 Å². The normalized spacial score (nSPS) is 12.0. The van der Waals surface area contributed by atoms with Crippen molar-refractivity contribution in [3.05, 3.63) is 108 Å². The average molecular weight is 407 g/mol. The largest absolute Gasteiger partial charge is 0.449 e. The molecule has 5 heteroatoms. The summed E-state index contributed by atoms with van der Waals surface area (Å²) in [6, 6.07) is 30.9. The summed E-state index contributed by atoms with van der Waals surface area (Å²) in [6.07, 6.45) is -0.532. The fourth-order valence-corrected chi connectivity index (χ4v) is 3.81. The van der Waals surface area contributed by atoms with Crippen molar-refractivity contribution in [1.29, 1.82) is 0 Å². The maximum atomic E-state index is 13.0. The first-order chi connectivity index (χ1) is 15.2. The van der Waals surface area contributed by atoms with E-state index in [9.17, 15) is 4.79 Å². The van der Waals surface area contributed by atoms with Gasteiger partial charge in [-0.3, -0.25) is 4.79 Å². The van der Waals surface area contributed by atoms with Crippen molar-refractivity contribution in [3.63, 3.8) is 0 Å². The lowest BCUT2D eigenvalue weighted by molar-refractivity contribution is 0.0999. The monoisotopic (exact) mass is 407 g/mol. The summed E-state index contributed by atoms with van der Waals surface area (Å²) in [5.74, 6) is -0.143. The number of para-hydroxylation sites is 2. The van der Waals surface area contributed by atoms with Gasteiger partial charge in [0.05, 0.1) is 5.69 Å². The number of amides is 1. The highest BCUT2D eigenvalue weighted by Gasteiger charge is 2.23. The minimum atomic E-state index is -0.532. The van der Waals surface area contributed by atoms with E-state index in [0.29, 0.717) is 17.0 Å². The van der Waals surface area contributed by atoms with E-state index in [1.165, 1.54) is 0 Å². The second kappa shape index (κ2) is 7.97. The van der Waals surface area contributed by atoms with Crippen LogP contribution in [0, 0.1) is 0 Å². The summed E-state index contributed by atoms with van der Waals surface area (Å²) in [7, 11) is 0. The van der Waals surface area contributed by atoms with Crippen LogP contribution < -0.4 is 16.4 Å². The molecular weight excluding hydrogens is 386 g/mol. The number of hydrogen-bond donors (Lipinski definition) is 3. The minimum Gasteiger partial charge on any atom is -0.449 e. The number of carbonyl (C=O) groups is 1. The fourth-order valence-electron chi connectivity index (χ4n) is 3.81. The van der Waals surface area contributed by atoms with Crippen LogP contribution >= 0.6 is 0 Å². The highest BCUT2D eigenvalue weighted by atomic mass is 16.3. The van der Waals surface area contributed by atoms with Gasteiger partial charge in [-0.05, 0) is 40.6 Å². The molecule has 0 fully saturated rings. The maximum absolute atomic E-state index is 13.0. The van der Waals surface area contributed by atoms with Crippen LogP contribution in [0.25, 0.3) is 21.7 Å². The van der Waals surface area contributed by atoms with E-state index < -0.39 is 6.17 Å². The van der Waals surface area contributed by atoms with Gasteiger partial charge in [-0.25, -0.2) is 0 Å².